The summed E-state index contributed by atoms with van der Waals surface area (Å²) >= 11 is 12.6. The SMILES string of the molecule is CCC(C)[C@@H]1NC(=O)[C@@H](Cc2c[nH]c3c2C=CCC3)n2c1nc1c(Cl)cc(Cl)cc1c2=O. The summed E-state index contributed by atoms with van der Waals surface area (Å²) in [5.41, 5.74) is 3.42. The molecule has 2 N–H and O–H groups in total. The first-order valence-electron chi connectivity index (χ1n) is 11.0. The van der Waals surface area contributed by atoms with Crippen molar-refractivity contribution in [3.63, 3.8) is 0 Å². The van der Waals surface area contributed by atoms with Gasteiger partial charge in [0.05, 0.1) is 22.0 Å². The van der Waals surface area contributed by atoms with Crippen molar-refractivity contribution in [2.75, 3.05) is 0 Å². The fourth-order valence-corrected chi connectivity index (χ4v) is 5.29. The molecule has 0 fully saturated rings. The van der Waals surface area contributed by atoms with Crippen molar-refractivity contribution in [1.82, 2.24) is 19.9 Å². The standard InChI is InChI=1S/C24H24Cl2N4O2/c1-3-12(2)20-22-28-21-16(9-14(25)10-17(21)26)24(32)30(22)19(23(31)29-20)8-13-11-27-18-7-5-4-6-15(13)18/h4,6,9-12,19-20,27H,3,5,7-8H2,1-2H3,(H,29,31)/t12?,19-,20+/m1/s1. The van der Waals surface area contributed by atoms with Gasteiger partial charge in [-0.15, -0.1) is 0 Å². The smallest absolute Gasteiger partial charge is 0.262 e. The number of amides is 1. The van der Waals surface area contributed by atoms with Crippen molar-refractivity contribution >= 4 is 46.1 Å². The molecule has 1 aliphatic heterocycles. The lowest BCUT2D eigenvalue weighted by Gasteiger charge is -2.35. The van der Waals surface area contributed by atoms with Gasteiger partial charge in [0.1, 0.15) is 11.9 Å². The third-order valence-corrected chi connectivity index (χ3v) is 7.21. The molecular weight excluding hydrogens is 447 g/mol. The fraction of sp³-hybridized carbons (Fsp3) is 0.375. The normalized spacial score (nSPS) is 20.7. The Hall–Kier alpha value is -2.57. The molecule has 32 heavy (non-hydrogen) atoms. The second-order valence-corrected chi connectivity index (χ2v) is 9.51. The molecule has 1 aliphatic carbocycles. The van der Waals surface area contributed by atoms with Gasteiger partial charge in [0.25, 0.3) is 5.56 Å². The van der Waals surface area contributed by atoms with Gasteiger partial charge in [0.15, 0.2) is 0 Å². The van der Waals surface area contributed by atoms with Crippen LogP contribution in [-0.2, 0) is 17.6 Å². The van der Waals surface area contributed by atoms with E-state index in [0.717, 1.165) is 30.4 Å². The molecule has 0 saturated carbocycles. The molecule has 3 atom stereocenters. The average molecular weight is 471 g/mol. The molecule has 5 rings (SSSR count). The molecule has 3 aromatic rings. The van der Waals surface area contributed by atoms with Gasteiger partial charge >= 0.3 is 0 Å². The molecule has 1 unspecified atom stereocenters. The maximum atomic E-state index is 13.7. The first-order valence-corrected chi connectivity index (χ1v) is 11.7. The lowest BCUT2D eigenvalue weighted by molar-refractivity contribution is -0.127. The number of aryl methyl sites for hydroxylation is 1. The molecule has 0 saturated heterocycles. The second-order valence-electron chi connectivity index (χ2n) is 8.67. The number of fused-ring (bicyclic) bond motifs is 3. The number of rotatable bonds is 4. The molecule has 2 aliphatic rings. The Morgan fingerprint density at radius 3 is 2.88 bits per heavy atom. The third-order valence-electron chi connectivity index (χ3n) is 6.70. The maximum Gasteiger partial charge on any atom is 0.262 e. The van der Waals surface area contributed by atoms with Gasteiger partial charge in [-0.3, -0.25) is 14.2 Å². The number of halogens is 2. The van der Waals surface area contributed by atoms with Crippen molar-refractivity contribution in [1.29, 1.82) is 0 Å². The molecule has 1 amide bonds. The summed E-state index contributed by atoms with van der Waals surface area (Å²) in [6, 6.07) is 2.09. The molecule has 0 bridgehead atoms. The van der Waals surface area contributed by atoms with Crippen LogP contribution in [0.25, 0.3) is 17.0 Å². The van der Waals surface area contributed by atoms with Crippen LogP contribution in [0.5, 0.6) is 0 Å². The molecule has 8 heteroatoms. The first kappa shape index (κ1) is 21.3. The molecular formula is C24H24Cl2N4O2. The van der Waals surface area contributed by atoms with E-state index in [9.17, 15) is 9.59 Å². The molecule has 2 aromatic heterocycles. The maximum absolute atomic E-state index is 13.7. The number of hydrogen-bond donors (Lipinski definition) is 2. The Morgan fingerprint density at radius 2 is 2.09 bits per heavy atom. The number of hydrogen-bond acceptors (Lipinski definition) is 3. The van der Waals surface area contributed by atoms with Gasteiger partial charge in [0.2, 0.25) is 5.91 Å². The van der Waals surface area contributed by atoms with Gasteiger partial charge in [-0.2, -0.15) is 0 Å². The van der Waals surface area contributed by atoms with Gasteiger partial charge in [-0.05, 0) is 42.0 Å². The highest BCUT2D eigenvalue weighted by molar-refractivity contribution is 6.38. The Morgan fingerprint density at radius 1 is 1.28 bits per heavy atom. The summed E-state index contributed by atoms with van der Waals surface area (Å²) in [5, 5.41) is 4.15. The predicted molar refractivity (Wildman–Crippen MR) is 127 cm³/mol. The number of allylic oxidation sites excluding steroid dienone is 1. The monoisotopic (exact) mass is 470 g/mol. The summed E-state index contributed by atoms with van der Waals surface area (Å²) in [7, 11) is 0. The van der Waals surface area contributed by atoms with E-state index < -0.39 is 6.04 Å². The van der Waals surface area contributed by atoms with E-state index in [1.165, 1.54) is 5.69 Å². The van der Waals surface area contributed by atoms with E-state index in [0.29, 0.717) is 33.2 Å². The summed E-state index contributed by atoms with van der Waals surface area (Å²) in [6.45, 7) is 4.10. The quantitative estimate of drug-likeness (QED) is 0.563. The van der Waals surface area contributed by atoms with Crippen LogP contribution in [0.1, 0.15) is 61.4 Å². The molecule has 3 heterocycles. The number of H-pyrrole nitrogens is 1. The van der Waals surface area contributed by atoms with Gasteiger partial charge in [0, 0.05) is 23.3 Å². The van der Waals surface area contributed by atoms with Crippen LogP contribution in [0, 0.1) is 5.92 Å². The summed E-state index contributed by atoms with van der Waals surface area (Å²) in [6.07, 6.45) is 9.33. The molecule has 6 nitrogen and oxygen atoms in total. The highest BCUT2D eigenvalue weighted by Gasteiger charge is 2.38. The number of carbonyl (C=O) groups is 1. The van der Waals surface area contributed by atoms with Crippen LogP contribution >= 0.6 is 23.2 Å². The van der Waals surface area contributed by atoms with E-state index >= 15 is 0 Å². The molecule has 166 valence electrons. The fourth-order valence-electron chi connectivity index (χ4n) is 4.76. The van der Waals surface area contributed by atoms with Crippen molar-refractivity contribution in [3.05, 3.63) is 67.4 Å². The average Bonchev–Trinajstić information content (AvgIpc) is 3.18. The topological polar surface area (TPSA) is 79.8 Å². The largest absolute Gasteiger partial charge is 0.364 e. The Balaban J connectivity index is 1.71. The number of aromatic nitrogens is 3. The third kappa shape index (κ3) is 3.37. The van der Waals surface area contributed by atoms with Gasteiger partial charge < -0.3 is 10.3 Å². The van der Waals surface area contributed by atoms with Gasteiger partial charge in [-0.1, -0.05) is 55.6 Å². The zero-order valence-corrected chi connectivity index (χ0v) is 19.4. The van der Waals surface area contributed by atoms with Crippen LogP contribution in [-0.4, -0.2) is 20.4 Å². The predicted octanol–water partition coefficient (Wildman–Crippen LogP) is 4.99. The summed E-state index contributed by atoms with van der Waals surface area (Å²) in [4.78, 5) is 35.2. The van der Waals surface area contributed by atoms with Crippen LogP contribution in [0.3, 0.4) is 0 Å². The van der Waals surface area contributed by atoms with Crippen molar-refractivity contribution in [2.24, 2.45) is 5.92 Å². The molecule has 0 spiro atoms. The minimum atomic E-state index is -0.706. The lowest BCUT2D eigenvalue weighted by atomic mass is 9.92. The van der Waals surface area contributed by atoms with E-state index in [-0.39, 0.29) is 23.4 Å². The number of benzene rings is 1. The minimum Gasteiger partial charge on any atom is -0.364 e. The number of carbonyl (C=O) groups excluding carboxylic acids is 1. The van der Waals surface area contributed by atoms with Crippen molar-refractivity contribution in [3.8, 4) is 0 Å². The Bertz CT molecular complexity index is 1320. The number of nitrogens with one attached hydrogen (secondary N) is 2. The molecule has 0 radical (unpaired) electrons. The highest BCUT2D eigenvalue weighted by atomic mass is 35.5. The van der Waals surface area contributed by atoms with Gasteiger partial charge in [-0.25, -0.2) is 4.98 Å². The van der Waals surface area contributed by atoms with Crippen molar-refractivity contribution < 1.29 is 4.79 Å². The zero-order chi connectivity index (χ0) is 22.6. The second kappa shape index (κ2) is 8.09. The zero-order valence-electron chi connectivity index (χ0n) is 17.9. The summed E-state index contributed by atoms with van der Waals surface area (Å²) < 4.78 is 1.57. The van der Waals surface area contributed by atoms with E-state index in [2.05, 4.69) is 29.4 Å². The van der Waals surface area contributed by atoms with E-state index in [1.54, 1.807) is 16.7 Å². The first-order chi connectivity index (χ1) is 15.4. The molecule has 1 aromatic carbocycles. The van der Waals surface area contributed by atoms with Crippen LogP contribution < -0.4 is 10.9 Å². The number of aromatic amines is 1. The van der Waals surface area contributed by atoms with E-state index in [4.69, 9.17) is 28.2 Å². The lowest BCUT2D eigenvalue weighted by Crippen LogP contribution is -2.50. The minimum absolute atomic E-state index is 0.101. The van der Waals surface area contributed by atoms with Crippen LogP contribution in [0.4, 0.5) is 0 Å². The Kier molecular flexibility index (Phi) is 5.38. The van der Waals surface area contributed by atoms with E-state index in [1.807, 2.05) is 13.1 Å². The number of nitrogens with zero attached hydrogens (tertiary/aromatic N) is 2. The van der Waals surface area contributed by atoms with Crippen LogP contribution in [0.15, 0.2) is 29.2 Å². The van der Waals surface area contributed by atoms with Crippen molar-refractivity contribution in [2.45, 2.75) is 51.6 Å². The highest BCUT2D eigenvalue weighted by Crippen LogP contribution is 2.34. The van der Waals surface area contributed by atoms with Crippen LogP contribution in [0.2, 0.25) is 10.0 Å². The summed E-state index contributed by atoms with van der Waals surface area (Å²) in [5.74, 6) is 0.476. The Labute approximate surface area is 195 Å².